The lowest BCUT2D eigenvalue weighted by Gasteiger charge is -2.09. The highest BCUT2D eigenvalue weighted by Gasteiger charge is 2.20. The Labute approximate surface area is 157 Å². The van der Waals surface area contributed by atoms with Gasteiger partial charge in [-0.15, -0.1) is 5.10 Å². The second-order valence-electron chi connectivity index (χ2n) is 7.15. The Bertz CT molecular complexity index is 1070. The zero-order valence-corrected chi connectivity index (χ0v) is 15.3. The second-order valence-corrected chi connectivity index (χ2v) is 7.15. The lowest BCUT2D eigenvalue weighted by atomic mass is 10.1. The average Bonchev–Trinajstić information content (AvgIpc) is 3.47. The van der Waals surface area contributed by atoms with Gasteiger partial charge in [-0.1, -0.05) is 42.3 Å². The fraction of sp³-hybridized carbons (Fsp3) is 0.333. The Hall–Kier alpha value is -3.02. The molecule has 2 heterocycles. The van der Waals surface area contributed by atoms with Crippen molar-refractivity contribution in [2.75, 3.05) is 0 Å². The van der Waals surface area contributed by atoms with E-state index < -0.39 is 0 Å². The number of hydrogen-bond donors (Lipinski definition) is 0. The van der Waals surface area contributed by atoms with E-state index in [1.807, 2.05) is 24.3 Å². The fourth-order valence-electron chi connectivity index (χ4n) is 3.84. The number of rotatable bonds is 4. The number of benzene rings is 2. The number of aromatic nitrogens is 5. The quantitative estimate of drug-likeness (QED) is 0.522. The van der Waals surface area contributed by atoms with Gasteiger partial charge >= 0.3 is 0 Å². The van der Waals surface area contributed by atoms with Crippen LogP contribution in [0, 0.1) is 0 Å². The number of hydrogen-bond acceptors (Lipinski definition) is 5. The molecule has 2 aromatic carbocycles. The number of nitrogens with zero attached hydrogens (tertiary/aromatic N) is 5. The molecule has 27 heavy (non-hydrogen) atoms. The number of fused-ring (bicyclic) bond motifs is 1. The predicted molar refractivity (Wildman–Crippen MR) is 103 cm³/mol. The van der Waals surface area contributed by atoms with Crippen molar-refractivity contribution in [1.82, 2.24) is 25.1 Å². The van der Waals surface area contributed by atoms with Crippen molar-refractivity contribution < 1.29 is 4.52 Å². The van der Waals surface area contributed by atoms with Gasteiger partial charge in [0.25, 0.3) is 5.89 Å². The molecule has 2 aromatic heterocycles. The summed E-state index contributed by atoms with van der Waals surface area (Å²) in [4.78, 5) is 4.56. The van der Waals surface area contributed by atoms with Gasteiger partial charge in [-0.25, -0.2) is 4.68 Å². The van der Waals surface area contributed by atoms with Crippen molar-refractivity contribution >= 4 is 11.0 Å². The minimum atomic E-state index is 0.476. The van der Waals surface area contributed by atoms with Crippen molar-refractivity contribution in [3.05, 3.63) is 48.0 Å². The molecule has 0 bridgehead atoms. The van der Waals surface area contributed by atoms with Crippen LogP contribution >= 0.6 is 0 Å². The van der Waals surface area contributed by atoms with E-state index >= 15 is 0 Å². The highest BCUT2D eigenvalue weighted by Crippen LogP contribution is 2.32. The SMILES string of the molecule is CCc1ccc(-c2nc(-c3ccc4c(c3)nnn4C3CCCC3)no2)cc1. The van der Waals surface area contributed by atoms with E-state index in [4.69, 9.17) is 4.52 Å². The molecule has 1 fully saturated rings. The van der Waals surface area contributed by atoms with Crippen molar-refractivity contribution in [2.24, 2.45) is 0 Å². The summed E-state index contributed by atoms with van der Waals surface area (Å²) in [6.45, 7) is 2.14. The standard InChI is InChI=1S/C21H21N5O/c1-2-14-7-9-15(10-8-14)21-22-20(24-27-21)16-11-12-19-18(13-16)23-25-26(19)17-5-3-4-6-17/h7-13,17H,2-6H2,1H3. The van der Waals surface area contributed by atoms with Crippen molar-refractivity contribution in [3.63, 3.8) is 0 Å². The highest BCUT2D eigenvalue weighted by atomic mass is 16.5. The Morgan fingerprint density at radius 3 is 2.59 bits per heavy atom. The molecule has 1 aliphatic rings. The Morgan fingerprint density at radius 2 is 1.81 bits per heavy atom. The van der Waals surface area contributed by atoms with Crippen LogP contribution in [0.4, 0.5) is 0 Å². The maximum absolute atomic E-state index is 5.47. The lowest BCUT2D eigenvalue weighted by molar-refractivity contribution is 0.432. The Kier molecular flexibility index (Phi) is 3.96. The molecule has 6 nitrogen and oxygen atoms in total. The molecule has 0 spiro atoms. The molecule has 4 aromatic rings. The molecule has 0 unspecified atom stereocenters. The summed E-state index contributed by atoms with van der Waals surface area (Å²) < 4.78 is 7.55. The lowest BCUT2D eigenvalue weighted by Crippen LogP contribution is -2.06. The molecule has 1 aliphatic carbocycles. The van der Waals surface area contributed by atoms with E-state index in [-0.39, 0.29) is 0 Å². The van der Waals surface area contributed by atoms with Gasteiger partial charge in [-0.05, 0) is 55.2 Å². The summed E-state index contributed by atoms with van der Waals surface area (Å²) in [7, 11) is 0. The number of aryl methyl sites for hydroxylation is 1. The van der Waals surface area contributed by atoms with E-state index in [0.717, 1.165) is 28.6 Å². The molecule has 5 rings (SSSR count). The molecular formula is C21H21N5O. The summed E-state index contributed by atoms with van der Waals surface area (Å²) in [6, 6.07) is 14.8. The van der Waals surface area contributed by atoms with Gasteiger partial charge < -0.3 is 4.52 Å². The average molecular weight is 359 g/mol. The van der Waals surface area contributed by atoms with E-state index in [1.165, 1.54) is 31.2 Å². The molecule has 0 amide bonds. The molecular weight excluding hydrogens is 338 g/mol. The molecule has 6 heteroatoms. The molecule has 0 N–H and O–H groups in total. The normalized spacial score (nSPS) is 15.0. The third-order valence-electron chi connectivity index (χ3n) is 5.43. The second kappa shape index (κ2) is 6.61. The van der Waals surface area contributed by atoms with Crippen LogP contribution in [0.15, 0.2) is 47.0 Å². The molecule has 0 aliphatic heterocycles. The zero-order chi connectivity index (χ0) is 18.2. The molecule has 0 atom stereocenters. The van der Waals surface area contributed by atoms with Gasteiger partial charge in [0.2, 0.25) is 5.82 Å². The van der Waals surface area contributed by atoms with E-state index in [2.05, 4.69) is 50.3 Å². The summed E-state index contributed by atoms with van der Waals surface area (Å²) in [5, 5.41) is 12.9. The summed E-state index contributed by atoms with van der Waals surface area (Å²) in [6.07, 6.45) is 5.93. The van der Waals surface area contributed by atoms with Gasteiger partial charge in [0.05, 0.1) is 11.6 Å². The van der Waals surface area contributed by atoms with Gasteiger partial charge in [-0.3, -0.25) is 0 Å². The van der Waals surface area contributed by atoms with Crippen LogP contribution in [0.5, 0.6) is 0 Å². The summed E-state index contributed by atoms with van der Waals surface area (Å²) >= 11 is 0. The largest absolute Gasteiger partial charge is 0.334 e. The zero-order valence-electron chi connectivity index (χ0n) is 15.3. The summed E-state index contributed by atoms with van der Waals surface area (Å²) in [5.74, 6) is 1.10. The molecule has 0 radical (unpaired) electrons. The van der Waals surface area contributed by atoms with Crippen LogP contribution in [-0.4, -0.2) is 25.1 Å². The highest BCUT2D eigenvalue weighted by molar-refractivity contribution is 5.80. The van der Waals surface area contributed by atoms with Crippen molar-refractivity contribution in [3.8, 4) is 22.8 Å². The Morgan fingerprint density at radius 1 is 1.04 bits per heavy atom. The third-order valence-corrected chi connectivity index (χ3v) is 5.43. The third kappa shape index (κ3) is 2.91. The summed E-state index contributed by atoms with van der Waals surface area (Å²) in [5.41, 5.74) is 5.05. The van der Waals surface area contributed by atoms with Crippen LogP contribution in [0.2, 0.25) is 0 Å². The first-order valence-corrected chi connectivity index (χ1v) is 9.60. The van der Waals surface area contributed by atoms with E-state index in [9.17, 15) is 0 Å². The van der Waals surface area contributed by atoms with Gasteiger partial charge in [0.15, 0.2) is 0 Å². The first-order chi connectivity index (χ1) is 13.3. The maximum atomic E-state index is 5.47. The first-order valence-electron chi connectivity index (χ1n) is 9.60. The van der Waals surface area contributed by atoms with Crippen molar-refractivity contribution in [1.29, 1.82) is 0 Å². The van der Waals surface area contributed by atoms with E-state index in [1.54, 1.807) is 0 Å². The van der Waals surface area contributed by atoms with Crippen LogP contribution in [0.3, 0.4) is 0 Å². The molecule has 136 valence electrons. The van der Waals surface area contributed by atoms with Gasteiger partial charge in [0.1, 0.15) is 5.52 Å². The van der Waals surface area contributed by atoms with E-state index in [0.29, 0.717) is 17.8 Å². The predicted octanol–water partition coefficient (Wildman–Crippen LogP) is 4.83. The van der Waals surface area contributed by atoms with Gasteiger partial charge in [-0.2, -0.15) is 4.98 Å². The minimum absolute atomic E-state index is 0.476. The fourth-order valence-corrected chi connectivity index (χ4v) is 3.84. The van der Waals surface area contributed by atoms with Crippen molar-refractivity contribution in [2.45, 2.75) is 45.1 Å². The van der Waals surface area contributed by atoms with Crippen LogP contribution < -0.4 is 0 Å². The first kappa shape index (κ1) is 16.2. The molecule has 0 saturated heterocycles. The van der Waals surface area contributed by atoms with Crippen LogP contribution in [0.25, 0.3) is 33.9 Å². The monoisotopic (exact) mass is 359 g/mol. The topological polar surface area (TPSA) is 69.6 Å². The van der Waals surface area contributed by atoms with Gasteiger partial charge in [0, 0.05) is 11.1 Å². The smallest absolute Gasteiger partial charge is 0.258 e. The van der Waals surface area contributed by atoms with Crippen LogP contribution in [0.1, 0.15) is 44.2 Å². The molecule has 1 saturated carbocycles. The van der Waals surface area contributed by atoms with Crippen LogP contribution in [-0.2, 0) is 6.42 Å². The Balaban J connectivity index is 1.46. The minimum Gasteiger partial charge on any atom is -0.334 e. The maximum Gasteiger partial charge on any atom is 0.258 e.